The SMILES string of the molecule is CCONC(=O)c1cnc(Nc2ccnc(OC)n2)cc1Nc1ccc(C2CC2)cc1N(C)S(=O)(=O)O. The molecule has 0 aliphatic heterocycles. The Balaban J connectivity index is 1.73. The van der Waals surface area contributed by atoms with Gasteiger partial charge in [0.2, 0.25) is 0 Å². The van der Waals surface area contributed by atoms with Gasteiger partial charge in [0.1, 0.15) is 11.6 Å². The number of hydroxylamine groups is 1. The minimum absolute atomic E-state index is 0.131. The lowest BCUT2D eigenvalue weighted by Gasteiger charge is -2.22. The summed E-state index contributed by atoms with van der Waals surface area (Å²) in [4.78, 5) is 30.3. The summed E-state index contributed by atoms with van der Waals surface area (Å²) >= 11 is 0. The zero-order valence-electron chi connectivity index (χ0n) is 20.4. The molecular weight excluding hydrogens is 502 g/mol. The summed E-state index contributed by atoms with van der Waals surface area (Å²) < 4.78 is 39.5. The van der Waals surface area contributed by atoms with Crippen LogP contribution in [0.2, 0.25) is 0 Å². The number of carbonyl (C=O) groups is 1. The third-order valence-corrected chi connectivity index (χ3v) is 6.44. The van der Waals surface area contributed by atoms with Crippen LogP contribution < -0.4 is 25.2 Å². The number of hydrogen-bond donors (Lipinski definition) is 4. The highest BCUT2D eigenvalue weighted by Crippen LogP contribution is 2.43. The highest BCUT2D eigenvalue weighted by molar-refractivity contribution is 7.87. The zero-order valence-corrected chi connectivity index (χ0v) is 21.2. The third-order valence-electron chi connectivity index (χ3n) is 5.56. The van der Waals surface area contributed by atoms with Crippen LogP contribution in [0.4, 0.5) is 28.7 Å². The van der Waals surface area contributed by atoms with Gasteiger partial charge in [-0.25, -0.2) is 19.8 Å². The molecule has 196 valence electrons. The molecule has 4 N–H and O–H groups in total. The molecule has 0 saturated heterocycles. The van der Waals surface area contributed by atoms with E-state index in [0.29, 0.717) is 28.9 Å². The number of ether oxygens (including phenoxy) is 1. The van der Waals surface area contributed by atoms with Gasteiger partial charge in [-0.05, 0) is 49.4 Å². The van der Waals surface area contributed by atoms with Crippen molar-refractivity contribution in [2.75, 3.05) is 35.7 Å². The summed E-state index contributed by atoms with van der Waals surface area (Å²) in [5.74, 6) is 0.510. The first kappa shape index (κ1) is 26.1. The van der Waals surface area contributed by atoms with Crippen molar-refractivity contribution in [1.29, 1.82) is 0 Å². The van der Waals surface area contributed by atoms with E-state index in [2.05, 4.69) is 31.1 Å². The predicted molar refractivity (Wildman–Crippen MR) is 137 cm³/mol. The molecule has 14 heteroatoms. The first-order valence-electron chi connectivity index (χ1n) is 11.4. The molecule has 0 atom stereocenters. The van der Waals surface area contributed by atoms with E-state index in [4.69, 9.17) is 9.57 Å². The van der Waals surface area contributed by atoms with Crippen LogP contribution in [-0.2, 0) is 15.1 Å². The van der Waals surface area contributed by atoms with Crippen molar-refractivity contribution >= 4 is 44.9 Å². The quantitative estimate of drug-likeness (QED) is 0.213. The maximum absolute atomic E-state index is 12.8. The van der Waals surface area contributed by atoms with Crippen molar-refractivity contribution in [3.8, 4) is 6.01 Å². The first-order chi connectivity index (χ1) is 17.7. The van der Waals surface area contributed by atoms with Gasteiger partial charge in [0, 0.05) is 25.5 Å². The molecule has 2 heterocycles. The van der Waals surface area contributed by atoms with Crippen molar-refractivity contribution in [2.45, 2.75) is 25.7 Å². The molecule has 1 amide bonds. The summed E-state index contributed by atoms with van der Waals surface area (Å²) in [6, 6.07) is 8.63. The fraction of sp³-hybridized carbons (Fsp3) is 0.304. The number of aromatic nitrogens is 3. The van der Waals surface area contributed by atoms with Crippen molar-refractivity contribution in [3.63, 3.8) is 0 Å². The standard InChI is InChI=1S/C23H27N7O6S/c1-4-36-29-22(31)16-13-25-21(27-20-9-10-24-23(28-20)35-3)12-18(16)26-17-8-7-15(14-5-6-14)11-19(17)30(2)37(32,33)34/h7-14H,4-6H2,1-3H3,(H,29,31)(H,32,33,34)(H2,24,25,26,27,28). The number of nitrogens with one attached hydrogen (secondary N) is 3. The fourth-order valence-electron chi connectivity index (χ4n) is 3.50. The second kappa shape index (κ2) is 10.9. The lowest BCUT2D eigenvalue weighted by atomic mass is 10.1. The largest absolute Gasteiger partial charge is 0.467 e. The van der Waals surface area contributed by atoms with Gasteiger partial charge in [-0.3, -0.25) is 14.2 Å². The smallest absolute Gasteiger partial charge is 0.359 e. The molecule has 1 aromatic carbocycles. The number of benzene rings is 1. The lowest BCUT2D eigenvalue weighted by Crippen LogP contribution is -2.27. The van der Waals surface area contributed by atoms with Gasteiger partial charge in [0.15, 0.2) is 0 Å². The van der Waals surface area contributed by atoms with Crippen LogP contribution in [0.15, 0.2) is 42.7 Å². The van der Waals surface area contributed by atoms with Crippen molar-refractivity contribution in [2.24, 2.45) is 0 Å². The number of nitrogens with zero attached hydrogens (tertiary/aromatic N) is 4. The maximum atomic E-state index is 12.8. The molecule has 1 aliphatic carbocycles. The molecule has 13 nitrogen and oxygen atoms in total. The van der Waals surface area contributed by atoms with Crippen molar-refractivity contribution < 1.29 is 27.3 Å². The molecular formula is C23H27N7O6S. The second-order valence-corrected chi connectivity index (χ2v) is 9.60. The van der Waals surface area contributed by atoms with Gasteiger partial charge < -0.3 is 15.4 Å². The third kappa shape index (κ3) is 6.41. The number of amides is 1. The van der Waals surface area contributed by atoms with Gasteiger partial charge >= 0.3 is 16.3 Å². The Morgan fingerprint density at radius 1 is 1.14 bits per heavy atom. The Labute approximate surface area is 214 Å². The van der Waals surface area contributed by atoms with E-state index in [1.807, 2.05) is 6.07 Å². The molecule has 37 heavy (non-hydrogen) atoms. The molecule has 1 aliphatic rings. The molecule has 2 aromatic heterocycles. The maximum Gasteiger partial charge on any atom is 0.359 e. The minimum atomic E-state index is -4.54. The summed E-state index contributed by atoms with van der Waals surface area (Å²) in [6.45, 7) is 1.97. The Kier molecular flexibility index (Phi) is 7.71. The number of anilines is 5. The van der Waals surface area contributed by atoms with Gasteiger partial charge in [-0.1, -0.05) is 6.07 Å². The summed E-state index contributed by atoms with van der Waals surface area (Å²) in [5.41, 5.74) is 4.27. The van der Waals surface area contributed by atoms with Gasteiger partial charge in [-0.15, -0.1) is 0 Å². The average Bonchev–Trinajstić information content (AvgIpc) is 3.72. The van der Waals surface area contributed by atoms with E-state index in [1.54, 1.807) is 31.2 Å². The highest BCUT2D eigenvalue weighted by atomic mass is 32.2. The molecule has 0 radical (unpaired) electrons. The zero-order chi connectivity index (χ0) is 26.6. The topological polar surface area (TPSA) is 168 Å². The van der Waals surface area contributed by atoms with Crippen LogP contribution in [0.3, 0.4) is 0 Å². The molecule has 4 rings (SSSR count). The molecule has 0 bridgehead atoms. The number of methoxy groups -OCH3 is 1. The second-order valence-electron chi connectivity index (χ2n) is 8.15. The Bertz CT molecular complexity index is 1400. The van der Waals surface area contributed by atoms with Gasteiger partial charge in [0.25, 0.3) is 5.91 Å². The van der Waals surface area contributed by atoms with Crippen molar-refractivity contribution in [3.05, 3.63) is 53.9 Å². The van der Waals surface area contributed by atoms with E-state index in [9.17, 15) is 17.8 Å². The van der Waals surface area contributed by atoms with Gasteiger partial charge in [0.05, 0.1) is 36.3 Å². The predicted octanol–water partition coefficient (Wildman–Crippen LogP) is 3.17. The Morgan fingerprint density at radius 2 is 1.92 bits per heavy atom. The van der Waals surface area contributed by atoms with Gasteiger partial charge in [-0.2, -0.15) is 13.4 Å². The van der Waals surface area contributed by atoms with Crippen LogP contribution in [0, 0.1) is 0 Å². The lowest BCUT2D eigenvalue weighted by molar-refractivity contribution is 0.0365. The molecule has 3 aromatic rings. The first-order valence-corrected chi connectivity index (χ1v) is 12.8. The van der Waals surface area contributed by atoms with Crippen LogP contribution in [0.5, 0.6) is 6.01 Å². The number of carbonyl (C=O) groups excluding carboxylic acids is 1. The van der Waals surface area contributed by atoms with Crippen LogP contribution in [0.25, 0.3) is 0 Å². The molecule has 0 unspecified atom stereocenters. The van der Waals surface area contributed by atoms with Crippen LogP contribution in [-0.4, -0.2) is 54.6 Å². The average molecular weight is 530 g/mol. The molecule has 1 fully saturated rings. The Morgan fingerprint density at radius 3 is 2.59 bits per heavy atom. The summed E-state index contributed by atoms with van der Waals surface area (Å²) in [5, 5.41) is 6.13. The number of pyridine rings is 1. The highest BCUT2D eigenvalue weighted by Gasteiger charge is 2.27. The minimum Gasteiger partial charge on any atom is -0.467 e. The van der Waals surface area contributed by atoms with E-state index >= 15 is 0 Å². The number of rotatable bonds is 11. The normalized spacial score (nSPS) is 13.1. The van der Waals surface area contributed by atoms with E-state index in [1.165, 1.54) is 26.6 Å². The van der Waals surface area contributed by atoms with E-state index in [-0.39, 0.29) is 23.9 Å². The van der Waals surface area contributed by atoms with Crippen molar-refractivity contribution in [1.82, 2.24) is 20.4 Å². The number of hydrogen-bond acceptors (Lipinski definition) is 10. The van der Waals surface area contributed by atoms with Crippen LogP contribution >= 0.6 is 0 Å². The van der Waals surface area contributed by atoms with E-state index < -0.39 is 16.2 Å². The van der Waals surface area contributed by atoms with E-state index in [0.717, 1.165) is 22.7 Å². The molecule has 1 saturated carbocycles. The monoisotopic (exact) mass is 529 g/mol. The van der Waals surface area contributed by atoms with Crippen LogP contribution in [0.1, 0.15) is 41.6 Å². The summed E-state index contributed by atoms with van der Waals surface area (Å²) in [6.07, 6.45) is 4.87. The summed E-state index contributed by atoms with van der Waals surface area (Å²) in [7, 11) is -1.85. The Hall–Kier alpha value is -4.01. The fourth-order valence-corrected chi connectivity index (χ4v) is 3.90. The molecule has 0 spiro atoms.